The molecule has 0 amide bonds. The molecule has 0 bridgehead atoms. The highest BCUT2D eigenvalue weighted by molar-refractivity contribution is 5.69. The standard InChI is InChI=1S/C34H63NO6/c1-5-6-7-8-9-10-11-12-13-14-15-16-17-18-19-20-21-25-35(26-22-29(2)32(36)37,27-23-30(3)33(38)39)28-24-31(4)34(40)41/h9-10,29-31H,5-8,11-28H2,1-4H3,(H2-,36,37,38,39,40,41)/b10-9+. The van der Waals surface area contributed by atoms with Gasteiger partial charge in [-0.05, 0) is 38.5 Å². The molecule has 7 heteroatoms. The van der Waals surface area contributed by atoms with E-state index in [4.69, 9.17) is 0 Å². The van der Waals surface area contributed by atoms with Crippen LogP contribution >= 0.6 is 0 Å². The van der Waals surface area contributed by atoms with Gasteiger partial charge in [-0.15, -0.1) is 0 Å². The lowest BCUT2D eigenvalue weighted by Gasteiger charge is -2.41. The lowest BCUT2D eigenvalue weighted by molar-refractivity contribution is -0.929. The van der Waals surface area contributed by atoms with Gasteiger partial charge in [0.2, 0.25) is 0 Å². The Morgan fingerprint density at radius 2 is 0.951 bits per heavy atom. The van der Waals surface area contributed by atoms with E-state index in [0.717, 1.165) is 25.8 Å². The number of nitrogens with zero attached hydrogens (tertiary/aromatic N) is 1. The van der Waals surface area contributed by atoms with Crippen LogP contribution in [0.3, 0.4) is 0 Å². The molecule has 0 aromatic carbocycles. The third kappa shape index (κ3) is 21.5. The quantitative estimate of drug-likeness (QED) is 0.0547. The SMILES string of the molecule is CCCCC/C=C/CCCCCCCCCCCC[N+](CCC(C)C(=O)[O-])(CCC(C)C(=O)O)CCC(C)C(=O)O. The van der Waals surface area contributed by atoms with E-state index in [1.54, 1.807) is 20.8 Å². The van der Waals surface area contributed by atoms with Crippen molar-refractivity contribution in [3.05, 3.63) is 12.2 Å². The van der Waals surface area contributed by atoms with Crippen molar-refractivity contribution < 1.29 is 34.2 Å². The Labute approximate surface area is 251 Å². The molecular weight excluding hydrogens is 518 g/mol. The fourth-order valence-electron chi connectivity index (χ4n) is 5.31. The third-order valence-corrected chi connectivity index (χ3v) is 8.75. The van der Waals surface area contributed by atoms with Gasteiger partial charge in [0, 0.05) is 31.1 Å². The minimum atomic E-state index is -1.07. The van der Waals surface area contributed by atoms with Gasteiger partial charge in [-0.3, -0.25) is 9.59 Å². The summed E-state index contributed by atoms with van der Waals surface area (Å²) >= 11 is 0. The van der Waals surface area contributed by atoms with Crippen LogP contribution in [0, 0.1) is 17.8 Å². The van der Waals surface area contributed by atoms with Gasteiger partial charge in [-0.1, -0.05) is 97.6 Å². The molecule has 0 heterocycles. The number of aliphatic carboxylic acids is 3. The monoisotopic (exact) mass is 581 g/mol. The van der Waals surface area contributed by atoms with Crippen molar-refractivity contribution in [2.45, 2.75) is 143 Å². The van der Waals surface area contributed by atoms with Crippen LogP contribution in [0.5, 0.6) is 0 Å². The molecule has 7 nitrogen and oxygen atoms in total. The largest absolute Gasteiger partial charge is 0.550 e. The number of hydrogen-bond acceptors (Lipinski definition) is 4. The van der Waals surface area contributed by atoms with Crippen LogP contribution in [0.15, 0.2) is 12.2 Å². The highest BCUT2D eigenvalue weighted by Crippen LogP contribution is 2.22. The Bertz CT molecular complexity index is 662. The summed E-state index contributed by atoms with van der Waals surface area (Å²) in [7, 11) is 0. The topological polar surface area (TPSA) is 115 Å². The number of quaternary nitrogens is 1. The summed E-state index contributed by atoms with van der Waals surface area (Å²) in [6, 6.07) is 0. The van der Waals surface area contributed by atoms with Crippen molar-refractivity contribution in [1.82, 2.24) is 0 Å². The number of carbonyl (C=O) groups excluding carboxylic acids is 1. The van der Waals surface area contributed by atoms with E-state index in [9.17, 15) is 29.7 Å². The lowest BCUT2D eigenvalue weighted by atomic mass is 10.0. The maximum absolute atomic E-state index is 11.5. The molecule has 0 aromatic rings. The summed E-state index contributed by atoms with van der Waals surface area (Å²) in [5, 5.41) is 30.2. The Morgan fingerprint density at radius 3 is 1.34 bits per heavy atom. The summed E-state index contributed by atoms with van der Waals surface area (Å²) in [5.74, 6) is -4.31. The summed E-state index contributed by atoms with van der Waals surface area (Å²) in [5.41, 5.74) is 0. The van der Waals surface area contributed by atoms with Crippen LogP contribution in [0.25, 0.3) is 0 Å². The number of unbranched alkanes of at least 4 members (excludes halogenated alkanes) is 13. The molecule has 3 atom stereocenters. The first-order chi connectivity index (χ1) is 19.5. The molecule has 0 rings (SSSR count). The molecule has 240 valence electrons. The second kappa shape index (κ2) is 24.7. The highest BCUT2D eigenvalue weighted by atomic mass is 16.4. The van der Waals surface area contributed by atoms with Crippen LogP contribution in [-0.2, 0) is 14.4 Å². The van der Waals surface area contributed by atoms with Crippen LogP contribution in [0.4, 0.5) is 0 Å². The molecule has 0 aliphatic rings. The minimum Gasteiger partial charge on any atom is -0.550 e. The zero-order chi connectivity index (χ0) is 30.9. The van der Waals surface area contributed by atoms with Gasteiger partial charge >= 0.3 is 11.9 Å². The Morgan fingerprint density at radius 1 is 0.585 bits per heavy atom. The molecule has 0 saturated carbocycles. The number of rotatable bonds is 29. The average Bonchev–Trinajstić information content (AvgIpc) is 2.94. The van der Waals surface area contributed by atoms with Crippen LogP contribution < -0.4 is 5.11 Å². The molecule has 2 N–H and O–H groups in total. The first-order valence-electron chi connectivity index (χ1n) is 16.7. The van der Waals surface area contributed by atoms with E-state index in [1.165, 1.54) is 77.0 Å². The van der Waals surface area contributed by atoms with Gasteiger partial charge in [-0.25, -0.2) is 0 Å². The van der Waals surface area contributed by atoms with Gasteiger partial charge in [-0.2, -0.15) is 0 Å². The van der Waals surface area contributed by atoms with Gasteiger partial charge in [0.25, 0.3) is 0 Å². The highest BCUT2D eigenvalue weighted by Gasteiger charge is 2.30. The Balaban J connectivity index is 4.57. The molecule has 0 aromatic heterocycles. The Kier molecular flexibility index (Phi) is 23.5. The summed E-state index contributed by atoms with van der Waals surface area (Å²) in [6.45, 7) is 9.96. The third-order valence-electron chi connectivity index (χ3n) is 8.75. The predicted octanol–water partition coefficient (Wildman–Crippen LogP) is 7.23. The molecule has 0 saturated heterocycles. The lowest BCUT2D eigenvalue weighted by Crippen LogP contribution is -2.52. The van der Waals surface area contributed by atoms with Gasteiger partial charge in [0.05, 0.1) is 38.0 Å². The molecule has 3 unspecified atom stereocenters. The van der Waals surface area contributed by atoms with Crippen molar-refractivity contribution in [3.63, 3.8) is 0 Å². The number of hydrogen-bond donors (Lipinski definition) is 2. The predicted molar refractivity (Wildman–Crippen MR) is 165 cm³/mol. The van der Waals surface area contributed by atoms with Crippen LogP contribution in [0.2, 0.25) is 0 Å². The molecule has 0 aliphatic carbocycles. The summed E-state index contributed by atoms with van der Waals surface area (Å²) in [4.78, 5) is 34.3. The van der Waals surface area contributed by atoms with Crippen molar-refractivity contribution in [3.8, 4) is 0 Å². The number of carboxylic acids is 3. The van der Waals surface area contributed by atoms with Gasteiger partial charge in [0.1, 0.15) is 0 Å². The molecule has 0 aliphatic heterocycles. The summed E-state index contributed by atoms with van der Waals surface area (Å²) < 4.78 is 0.584. The molecule has 0 spiro atoms. The maximum Gasteiger partial charge on any atom is 0.306 e. The normalized spacial score (nSPS) is 15.4. The zero-order valence-corrected chi connectivity index (χ0v) is 26.9. The van der Waals surface area contributed by atoms with Crippen LogP contribution in [-0.4, -0.2) is 58.8 Å². The maximum atomic E-state index is 11.5. The van der Waals surface area contributed by atoms with E-state index in [-0.39, 0.29) is 0 Å². The van der Waals surface area contributed by atoms with E-state index < -0.39 is 35.7 Å². The second-order valence-electron chi connectivity index (χ2n) is 12.6. The summed E-state index contributed by atoms with van der Waals surface area (Å²) in [6.07, 6.45) is 24.7. The zero-order valence-electron chi connectivity index (χ0n) is 26.9. The van der Waals surface area contributed by atoms with Crippen molar-refractivity contribution in [2.75, 3.05) is 26.2 Å². The fraction of sp³-hybridized carbons (Fsp3) is 0.853. The molecule has 0 fully saturated rings. The van der Waals surface area contributed by atoms with Gasteiger partial charge < -0.3 is 24.6 Å². The first-order valence-corrected chi connectivity index (χ1v) is 16.7. The number of carbonyl (C=O) groups is 3. The molecule has 41 heavy (non-hydrogen) atoms. The smallest absolute Gasteiger partial charge is 0.306 e. The fourth-order valence-corrected chi connectivity index (χ4v) is 5.31. The molecule has 0 radical (unpaired) electrons. The Hall–Kier alpha value is -1.89. The minimum absolute atomic E-state index is 0.445. The van der Waals surface area contributed by atoms with Crippen molar-refractivity contribution >= 4 is 17.9 Å². The van der Waals surface area contributed by atoms with E-state index >= 15 is 0 Å². The van der Waals surface area contributed by atoms with E-state index in [0.29, 0.717) is 43.4 Å². The van der Waals surface area contributed by atoms with Gasteiger partial charge in [0.15, 0.2) is 0 Å². The van der Waals surface area contributed by atoms with Crippen molar-refractivity contribution in [2.24, 2.45) is 17.8 Å². The second-order valence-corrected chi connectivity index (χ2v) is 12.6. The average molecular weight is 582 g/mol. The number of carboxylic acid groups (broad SMARTS) is 3. The van der Waals surface area contributed by atoms with E-state index in [1.807, 2.05) is 0 Å². The number of allylic oxidation sites excluding steroid dienone is 2. The van der Waals surface area contributed by atoms with E-state index in [2.05, 4.69) is 19.1 Å². The van der Waals surface area contributed by atoms with Crippen molar-refractivity contribution in [1.29, 1.82) is 0 Å². The van der Waals surface area contributed by atoms with Crippen LogP contribution in [0.1, 0.15) is 143 Å². The first kappa shape index (κ1) is 39.1. The molecular formula is C34H63NO6.